The molecule has 0 amide bonds. The molecule has 4 rings (SSSR count). The van der Waals surface area contributed by atoms with E-state index in [4.69, 9.17) is 0 Å². The summed E-state index contributed by atoms with van der Waals surface area (Å²) >= 11 is 0. The number of piperazine rings is 1. The van der Waals surface area contributed by atoms with Gasteiger partial charge in [-0.15, -0.1) is 0 Å². The average Bonchev–Trinajstić information content (AvgIpc) is 3.43. The summed E-state index contributed by atoms with van der Waals surface area (Å²) in [4.78, 5) is 10.9. The third kappa shape index (κ3) is 5.96. The van der Waals surface area contributed by atoms with Crippen molar-refractivity contribution in [1.82, 2.24) is 19.6 Å². The zero-order valence-corrected chi connectivity index (χ0v) is 20.0. The summed E-state index contributed by atoms with van der Waals surface area (Å²) in [5.74, 6) is 0.862. The van der Waals surface area contributed by atoms with E-state index in [9.17, 15) is 0 Å². The first-order valence-electron chi connectivity index (χ1n) is 12.7. The van der Waals surface area contributed by atoms with E-state index in [0.29, 0.717) is 10.8 Å². The van der Waals surface area contributed by atoms with Crippen LogP contribution in [0.15, 0.2) is 0 Å². The lowest BCUT2D eigenvalue weighted by atomic mass is 9.79. The summed E-state index contributed by atoms with van der Waals surface area (Å²) < 4.78 is 0. The Hall–Kier alpha value is -0.160. The number of likely N-dealkylation sites (tertiary alicyclic amines) is 2. The molecule has 0 atom stereocenters. The van der Waals surface area contributed by atoms with Gasteiger partial charge in [-0.25, -0.2) is 0 Å². The van der Waals surface area contributed by atoms with Crippen molar-refractivity contribution in [2.75, 3.05) is 72.5 Å². The summed E-state index contributed by atoms with van der Waals surface area (Å²) in [5, 5.41) is 0. The summed E-state index contributed by atoms with van der Waals surface area (Å²) in [6.45, 7) is 20.5. The highest BCUT2D eigenvalue weighted by Gasteiger charge is 2.45. The average molecular weight is 405 g/mol. The SMILES string of the molecule is CC(C)CC1(CN2CCC(C)(CN3CCC(N4CCN(C)CC4)CC3)CC2)CC1. The van der Waals surface area contributed by atoms with Crippen LogP contribution in [-0.2, 0) is 0 Å². The minimum absolute atomic E-state index is 0.548. The van der Waals surface area contributed by atoms with Gasteiger partial charge in [-0.3, -0.25) is 4.90 Å². The van der Waals surface area contributed by atoms with Crippen LogP contribution >= 0.6 is 0 Å². The van der Waals surface area contributed by atoms with E-state index >= 15 is 0 Å². The van der Waals surface area contributed by atoms with Gasteiger partial charge in [0.1, 0.15) is 0 Å². The second kappa shape index (κ2) is 9.14. The van der Waals surface area contributed by atoms with Gasteiger partial charge in [0.25, 0.3) is 0 Å². The van der Waals surface area contributed by atoms with Crippen molar-refractivity contribution in [3.63, 3.8) is 0 Å². The fourth-order valence-electron chi connectivity index (χ4n) is 6.52. The molecule has 0 bridgehead atoms. The van der Waals surface area contributed by atoms with Gasteiger partial charge in [-0.05, 0) is 94.9 Å². The highest BCUT2D eigenvalue weighted by molar-refractivity contribution is 4.98. The first-order valence-corrected chi connectivity index (χ1v) is 12.7. The Morgan fingerprint density at radius 3 is 1.90 bits per heavy atom. The van der Waals surface area contributed by atoms with Crippen LogP contribution in [0.4, 0.5) is 0 Å². The fraction of sp³-hybridized carbons (Fsp3) is 1.00. The van der Waals surface area contributed by atoms with Crippen molar-refractivity contribution >= 4 is 0 Å². The molecule has 0 spiro atoms. The lowest BCUT2D eigenvalue weighted by Crippen LogP contribution is -2.53. The first kappa shape index (κ1) is 22.0. The molecular weight excluding hydrogens is 356 g/mol. The Kier molecular flexibility index (Phi) is 6.95. The molecular formula is C25H48N4. The Balaban J connectivity index is 1.17. The van der Waals surface area contributed by atoms with Crippen molar-refractivity contribution in [3.05, 3.63) is 0 Å². The van der Waals surface area contributed by atoms with E-state index in [1.54, 1.807) is 0 Å². The molecule has 4 heteroatoms. The van der Waals surface area contributed by atoms with Gasteiger partial charge in [0.2, 0.25) is 0 Å². The molecule has 1 aliphatic carbocycles. The molecule has 0 unspecified atom stereocenters. The zero-order chi connectivity index (χ0) is 20.5. The van der Waals surface area contributed by atoms with Crippen molar-refractivity contribution in [1.29, 1.82) is 0 Å². The molecule has 4 fully saturated rings. The van der Waals surface area contributed by atoms with E-state index in [1.165, 1.54) is 110 Å². The summed E-state index contributed by atoms with van der Waals surface area (Å²) in [6.07, 6.45) is 10.0. The number of hydrogen-bond acceptors (Lipinski definition) is 4. The Bertz CT molecular complexity index is 505. The van der Waals surface area contributed by atoms with Crippen molar-refractivity contribution in [2.24, 2.45) is 16.7 Å². The maximum atomic E-state index is 2.82. The largest absolute Gasteiger partial charge is 0.304 e. The highest BCUT2D eigenvalue weighted by Crippen LogP contribution is 2.51. The monoisotopic (exact) mass is 404 g/mol. The predicted molar refractivity (Wildman–Crippen MR) is 123 cm³/mol. The maximum absolute atomic E-state index is 2.82. The predicted octanol–water partition coefficient (Wildman–Crippen LogP) is 3.63. The van der Waals surface area contributed by atoms with Gasteiger partial charge < -0.3 is 14.7 Å². The van der Waals surface area contributed by atoms with Crippen LogP contribution in [0, 0.1) is 16.7 Å². The van der Waals surface area contributed by atoms with Gasteiger partial charge in [0.05, 0.1) is 0 Å². The second-order valence-corrected chi connectivity index (χ2v) is 12.0. The smallest absolute Gasteiger partial charge is 0.0121 e. The van der Waals surface area contributed by atoms with Gasteiger partial charge in [0.15, 0.2) is 0 Å². The molecule has 0 aromatic heterocycles. The van der Waals surface area contributed by atoms with Crippen molar-refractivity contribution in [3.8, 4) is 0 Å². The molecule has 1 saturated carbocycles. The van der Waals surface area contributed by atoms with E-state index < -0.39 is 0 Å². The van der Waals surface area contributed by atoms with Gasteiger partial charge in [-0.2, -0.15) is 0 Å². The molecule has 4 aliphatic rings. The number of piperidine rings is 2. The van der Waals surface area contributed by atoms with Gasteiger partial charge >= 0.3 is 0 Å². The Morgan fingerprint density at radius 1 is 0.759 bits per heavy atom. The quantitative estimate of drug-likeness (QED) is 0.642. The number of likely N-dealkylation sites (N-methyl/N-ethyl adjacent to an activating group) is 1. The Labute approximate surface area is 181 Å². The molecule has 0 aromatic rings. The van der Waals surface area contributed by atoms with E-state index in [1.807, 2.05) is 0 Å². The lowest BCUT2D eigenvalue weighted by Gasteiger charge is -2.46. The molecule has 3 heterocycles. The first-order chi connectivity index (χ1) is 13.8. The van der Waals surface area contributed by atoms with E-state index in [-0.39, 0.29) is 0 Å². The molecule has 29 heavy (non-hydrogen) atoms. The van der Waals surface area contributed by atoms with Crippen LogP contribution in [0.2, 0.25) is 0 Å². The molecule has 0 N–H and O–H groups in total. The van der Waals surface area contributed by atoms with E-state index in [2.05, 4.69) is 47.4 Å². The second-order valence-electron chi connectivity index (χ2n) is 12.0. The molecule has 168 valence electrons. The molecule has 3 aliphatic heterocycles. The number of hydrogen-bond donors (Lipinski definition) is 0. The molecule has 0 radical (unpaired) electrons. The minimum Gasteiger partial charge on any atom is -0.304 e. The Morgan fingerprint density at radius 2 is 1.34 bits per heavy atom. The standard InChI is InChI=1S/C25H48N4/c1-22(2)19-25(7-8-25)21-28-13-9-24(3,10-14-28)20-27-11-5-23(6-12-27)29-17-15-26(4)16-18-29/h22-23H,5-21H2,1-4H3. The van der Waals surface area contributed by atoms with Crippen LogP contribution in [0.1, 0.15) is 65.7 Å². The fourth-order valence-corrected chi connectivity index (χ4v) is 6.52. The number of rotatable bonds is 7. The van der Waals surface area contributed by atoms with Crippen LogP contribution in [0.5, 0.6) is 0 Å². The normalized spacial score (nSPS) is 30.1. The highest BCUT2D eigenvalue weighted by atomic mass is 15.3. The summed E-state index contributed by atoms with van der Waals surface area (Å²) in [6, 6.07) is 0.852. The van der Waals surface area contributed by atoms with Crippen LogP contribution < -0.4 is 0 Å². The van der Waals surface area contributed by atoms with E-state index in [0.717, 1.165) is 12.0 Å². The third-order valence-corrected chi connectivity index (χ3v) is 8.64. The van der Waals surface area contributed by atoms with Crippen molar-refractivity contribution in [2.45, 2.75) is 71.8 Å². The van der Waals surface area contributed by atoms with Crippen LogP contribution in [-0.4, -0.2) is 98.1 Å². The molecule has 3 saturated heterocycles. The number of nitrogens with zero attached hydrogens (tertiary/aromatic N) is 4. The maximum Gasteiger partial charge on any atom is 0.0121 e. The summed E-state index contributed by atoms with van der Waals surface area (Å²) in [7, 11) is 2.26. The zero-order valence-electron chi connectivity index (χ0n) is 20.0. The molecule has 0 aromatic carbocycles. The topological polar surface area (TPSA) is 13.0 Å². The van der Waals surface area contributed by atoms with Gasteiger partial charge in [0, 0.05) is 45.3 Å². The van der Waals surface area contributed by atoms with Crippen LogP contribution in [0.3, 0.4) is 0 Å². The molecule has 4 nitrogen and oxygen atoms in total. The third-order valence-electron chi connectivity index (χ3n) is 8.64. The van der Waals surface area contributed by atoms with Crippen LogP contribution in [0.25, 0.3) is 0 Å². The minimum atomic E-state index is 0.548. The summed E-state index contributed by atoms with van der Waals surface area (Å²) in [5.41, 5.74) is 1.25. The van der Waals surface area contributed by atoms with Gasteiger partial charge in [-0.1, -0.05) is 20.8 Å². The van der Waals surface area contributed by atoms with Crippen molar-refractivity contribution < 1.29 is 0 Å². The lowest BCUT2D eigenvalue weighted by molar-refractivity contribution is 0.0309.